The molecule has 1 fully saturated rings. The van der Waals surface area contributed by atoms with Crippen LogP contribution >= 0.6 is 0 Å². The Labute approximate surface area is 95.4 Å². The molecule has 1 aliphatic heterocycles. The standard InChI is InChI=1S/C13H16O3/c1-10-4-2-3-5-12(10)16-13(14)11-6-8-15-9-7-11/h2-5,11H,6-9H2,1H3. The van der Waals surface area contributed by atoms with Crippen LogP contribution in [0.2, 0.25) is 0 Å². The van der Waals surface area contributed by atoms with Gasteiger partial charge in [0.2, 0.25) is 0 Å². The van der Waals surface area contributed by atoms with Gasteiger partial charge in [0.05, 0.1) is 5.92 Å². The van der Waals surface area contributed by atoms with Crippen molar-refractivity contribution in [1.82, 2.24) is 0 Å². The van der Waals surface area contributed by atoms with Gasteiger partial charge in [0, 0.05) is 13.2 Å². The normalized spacial score (nSPS) is 17.1. The smallest absolute Gasteiger partial charge is 0.314 e. The van der Waals surface area contributed by atoms with Crippen LogP contribution in [0.15, 0.2) is 24.3 Å². The molecule has 0 atom stereocenters. The minimum Gasteiger partial charge on any atom is -0.426 e. The summed E-state index contributed by atoms with van der Waals surface area (Å²) in [6, 6.07) is 7.57. The summed E-state index contributed by atoms with van der Waals surface area (Å²) < 4.78 is 10.6. The number of benzene rings is 1. The molecule has 0 bridgehead atoms. The zero-order valence-electron chi connectivity index (χ0n) is 9.44. The quantitative estimate of drug-likeness (QED) is 0.567. The molecular weight excluding hydrogens is 204 g/mol. The first-order valence-electron chi connectivity index (χ1n) is 5.62. The van der Waals surface area contributed by atoms with E-state index in [1.54, 1.807) is 0 Å². The lowest BCUT2D eigenvalue weighted by atomic mass is 10.0. The number of rotatable bonds is 2. The van der Waals surface area contributed by atoms with Crippen molar-refractivity contribution in [2.45, 2.75) is 19.8 Å². The molecule has 0 N–H and O–H groups in total. The maximum absolute atomic E-state index is 11.8. The minimum absolute atomic E-state index is 0.00615. The van der Waals surface area contributed by atoms with Crippen molar-refractivity contribution in [3.63, 3.8) is 0 Å². The Morgan fingerprint density at radius 1 is 1.31 bits per heavy atom. The molecule has 0 aliphatic carbocycles. The third-order valence-electron chi connectivity index (χ3n) is 2.86. The van der Waals surface area contributed by atoms with Gasteiger partial charge < -0.3 is 9.47 Å². The molecule has 86 valence electrons. The van der Waals surface area contributed by atoms with Gasteiger partial charge in [0.1, 0.15) is 5.75 Å². The second kappa shape index (κ2) is 5.12. The first kappa shape index (κ1) is 11.1. The van der Waals surface area contributed by atoms with Gasteiger partial charge in [-0.3, -0.25) is 4.79 Å². The van der Waals surface area contributed by atoms with Crippen molar-refractivity contribution >= 4 is 5.97 Å². The fourth-order valence-electron chi connectivity index (χ4n) is 1.80. The molecule has 0 aromatic heterocycles. The molecule has 1 heterocycles. The highest BCUT2D eigenvalue weighted by Crippen LogP contribution is 2.21. The molecule has 3 nitrogen and oxygen atoms in total. The molecule has 1 aromatic carbocycles. The van der Waals surface area contributed by atoms with Crippen molar-refractivity contribution in [1.29, 1.82) is 0 Å². The molecule has 1 aliphatic rings. The largest absolute Gasteiger partial charge is 0.426 e. The third kappa shape index (κ3) is 2.61. The van der Waals surface area contributed by atoms with Crippen LogP contribution in [-0.2, 0) is 9.53 Å². The van der Waals surface area contributed by atoms with Crippen LogP contribution < -0.4 is 4.74 Å². The number of para-hydroxylation sites is 1. The van der Waals surface area contributed by atoms with Crippen molar-refractivity contribution in [2.24, 2.45) is 5.92 Å². The lowest BCUT2D eigenvalue weighted by molar-refractivity contribution is -0.142. The summed E-state index contributed by atoms with van der Waals surface area (Å²) in [5.74, 6) is 0.532. The van der Waals surface area contributed by atoms with Gasteiger partial charge in [0.15, 0.2) is 0 Å². The summed E-state index contributed by atoms with van der Waals surface area (Å²) in [6.45, 7) is 3.26. The summed E-state index contributed by atoms with van der Waals surface area (Å²) in [5, 5.41) is 0. The Morgan fingerprint density at radius 3 is 2.69 bits per heavy atom. The number of hydrogen-bond donors (Lipinski definition) is 0. The maximum atomic E-state index is 11.8. The van der Waals surface area contributed by atoms with Crippen LogP contribution in [0.1, 0.15) is 18.4 Å². The predicted octanol–water partition coefficient (Wildman–Crippen LogP) is 2.33. The Kier molecular flexibility index (Phi) is 3.57. The van der Waals surface area contributed by atoms with Gasteiger partial charge in [-0.05, 0) is 31.4 Å². The van der Waals surface area contributed by atoms with E-state index in [1.807, 2.05) is 31.2 Å². The highest BCUT2D eigenvalue weighted by Gasteiger charge is 2.23. The molecule has 16 heavy (non-hydrogen) atoms. The zero-order valence-corrected chi connectivity index (χ0v) is 9.44. The zero-order chi connectivity index (χ0) is 11.4. The van der Waals surface area contributed by atoms with Crippen LogP contribution in [-0.4, -0.2) is 19.2 Å². The maximum Gasteiger partial charge on any atom is 0.314 e. The van der Waals surface area contributed by atoms with E-state index in [2.05, 4.69) is 0 Å². The van der Waals surface area contributed by atoms with Crippen molar-refractivity contribution in [2.75, 3.05) is 13.2 Å². The summed E-state index contributed by atoms with van der Waals surface area (Å²) in [5.41, 5.74) is 0.989. The van der Waals surface area contributed by atoms with Gasteiger partial charge in [-0.25, -0.2) is 0 Å². The fourth-order valence-corrected chi connectivity index (χ4v) is 1.80. The Balaban J connectivity index is 1.99. The van der Waals surface area contributed by atoms with Crippen LogP contribution in [0.25, 0.3) is 0 Å². The molecule has 3 heteroatoms. The summed E-state index contributed by atoms with van der Waals surface area (Å²) in [6.07, 6.45) is 1.54. The van der Waals surface area contributed by atoms with E-state index in [9.17, 15) is 4.79 Å². The third-order valence-corrected chi connectivity index (χ3v) is 2.86. The highest BCUT2D eigenvalue weighted by atomic mass is 16.5. The molecular formula is C13H16O3. The molecule has 0 amide bonds. The van der Waals surface area contributed by atoms with Crippen molar-refractivity contribution in [3.05, 3.63) is 29.8 Å². The number of carbonyl (C=O) groups excluding carboxylic acids is 1. The van der Waals surface area contributed by atoms with Crippen LogP contribution in [0, 0.1) is 12.8 Å². The van der Waals surface area contributed by atoms with Gasteiger partial charge in [-0.1, -0.05) is 18.2 Å². The first-order valence-corrected chi connectivity index (χ1v) is 5.62. The van der Waals surface area contributed by atoms with Crippen molar-refractivity contribution < 1.29 is 14.3 Å². The molecule has 0 saturated carbocycles. The molecule has 2 rings (SSSR count). The summed E-state index contributed by atoms with van der Waals surface area (Å²) >= 11 is 0. The monoisotopic (exact) mass is 220 g/mol. The van der Waals surface area contributed by atoms with Gasteiger partial charge >= 0.3 is 5.97 Å². The average molecular weight is 220 g/mol. The molecule has 0 spiro atoms. The lowest BCUT2D eigenvalue weighted by Crippen LogP contribution is -2.27. The Morgan fingerprint density at radius 2 is 2.00 bits per heavy atom. The van der Waals surface area contributed by atoms with Crippen LogP contribution in [0.4, 0.5) is 0 Å². The minimum atomic E-state index is -0.127. The molecule has 1 aromatic rings. The number of aryl methyl sites for hydroxylation is 1. The molecule has 1 saturated heterocycles. The van der Waals surface area contributed by atoms with Gasteiger partial charge in [0.25, 0.3) is 0 Å². The number of carbonyl (C=O) groups is 1. The Hall–Kier alpha value is -1.35. The average Bonchev–Trinajstić information content (AvgIpc) is 2.33. The number of ether oxygens (including phenoxy) is 2. The second-order valence-corrected chi connectivity index (χ2v) is 4.07. The number of esters is 1. The van der Waals surface area contributed by atoms with E-state index in [4.69, 9.17) is 9.47 Å². The van der Waals surface area contributed by atoms with Crippen molar-refractivity contribution in [3.8, 4) is 5.75 Å². The van der Waals surface area contributed by atoms with E-state index in [1.165, 1.54) is 0 Å². The van der Waals surface area contributed by atoms with E-state index in [-0.39, 0.29) is 11.9 Å². The lowest BCUT2D eigenvalue weighted by Gasteiger charge is -2.20. The van der Waals surface area contributed by atoms with E-state index in [0.29, 0.717) is 19.0 Å². The SMILES string of the molecule is Cc1ccccc1OC(=O)C1CCOCC1. The number of hydrogen-bond acceptors (Lipinski definition) is 3. The summed E-state index contributed by atoms with van der Waals surface area (Å²) in [7, 11) is 0. The fraction of sp³-hybridized carbons (Fsp3) is 0.462. The predicted molar refractivity (Wildman–Crippen MR) is 60.4 cm³/mol. The highest BCUT2D eigenvalue weighted by molar-refractivity contribution is 5.75. The van der Waals surface area contributed by atoms with Gasteiger partial charge in [-0.15, -0.1) is 0 Å². The van der Waals surface area contributed by atoms with Crippen LogP contribution in [0.5, 0.6) is 5.75 Å². The van der Waals surface area contributed by atoms with E-state index in [0.717, 1.165) is 18.4 Å². The van der Waals surface area contributed by atoms with E-state index >= 15 is 0 Å². The van der Waals surface area contributed by atoms with Crippen LogP contribution in [0.3, 0.4) is 0 Å². The molecule has 0 unspecified atom stereocenters. The second-order valence-electron chi connectivity index (χ2n) is 4.07. The molecule has 0 radical (unpaired) electrons. The Bertz CT molecular complexity index is 367. The van der Waals surface area contributed by atoms with E-state index < -0.39 is 0 Å². The first-order chi connectivity index (χ1) is 7.77. The summed E-state index contributed by atoms with van der Waals surface area (Å²) in [4.78, 5) is 11.8. The topological polar surface area (TPSA) is 35.5 Å². The van der Waals surface area contributed by atoms with Gasteiger partial charge in [-0.2, -0.15) is 0 Å².